The van der Waals surface area contributed by atoms with Crippen molar-refractivity contribution >= 4 is 11.6 Å². The van der Waals surface area contributed by atoms with Gasteiger partial charge in [-0.2, -0.15) is 0 Å². The molecule has 0 fully saturated rings. The summed E-state index contributed by atoms with van der Waals surface area (Å²) in [7, 11) is 3.13. The van der Waals surface area contributed by atoms with Gasteiger partial charge in [0, 0.05) is 11.8 Å². The fourth-order valence-corrected chi connectivity index (χ4v) is 2.32. The first kappa shape index (κ1) is 18.6. The van der Waals surface area contributed by atoms with Gasteiger partial charge in [-0.05, 0) is 54.8 Å². The minimum atomic E-state index is -0.816. The lowest BCUT2D eigenvalue weighted by Gasteiger charge is -2.13. The van der Waals surface area contributed by atoms with Crippen molar-refractivity contribution in [2.45, 2.75) is 20.0 Å². The molecule has 2 aromatic rings. The number of nitrogens with two attached hydrogens (primary N) is 1. The first-order valence-electron chi connectivity index (χ1n) is 7.98. The minimum Gasteiger partial charge on any atom is -0.497 e. The van der Waals surface area contributed by atoms with E-state index >= 15 is 0 Å². The molecule has 1 atom stereocenters. The van der Waals surface area contributed by atoms with Crippen LogP contribution in [-0.2, 0) is 0 Å². The number of guanidine groups is 1. The van der Waals surface area contributed by atoms with Gasteiger partial charge in [-0.1, -0.05) is 6.07 Å². The summed E-state index contributed by atoms with van der Waals surface area (Å²) in [5.74, 6) is 1.47. The normalized spacial score (nSPS) is 12.6. The van der Waals surface area contributed by atoms with E-state index in [-0.39, 0.29) is 12.5 Å². The number of methoxy groups -OCH3 is 2. The highest BCUT2D eigenvalue weighted by Crippen LogP contribution is 2.26. The molecule has 0 saturated carbocycles. The molecule has 0 bridgehead atoms. The van der Waals surface area contributed by atoms with Gasteiger partial charge in [-0.25, -0.2) is 0 Å². The Morgan fingerprint density at radius 1 is 1.08 bits per heavy atom. The number of nitrogens with zero attached hydrogens (tertiary/aromatic N) is 1. The molecule has 6 heteroatoms. The topological polar surface area (TPSA) is 89.1 Å². The second-order valence-corrected chi connectivity index (χ2v) is 5.81. The highest BCUT2D eigenvalue weighted by molar-refractivity contribution is 5.92. The van der Waals surface area contributed by atoms with Crippen molar-refractivity contribution in [2.24, 2.45) is 10.7 Å². The fraction of sp³-hybridized carbons (Fsp3) is 0.316. The molecule has 0 amide bonds. The van der Waals surface area contributed by atoms with Crippen molar-refractivity contribution in [3.8, 4) is 11.5 Å². The Morgan fingerprint density at radius 2 is 1.72 bits per heavy atom. The first-order valence-corrected chi connectivity index (χ1v) is 7.98. The number of aryl methyl sites for hydroxylation is 2. The Labute approximate surface area is 148 Å². The number of benzene rings is 2. The van der Waals surface area contributed by atoms with Crippen LogP contribution in [0.2, 0.25) is 0 Å². The molecule has 2 aromatic carbocycles. The van der Waals surface area contributed by atoms with Crippen molar-refractivity contribution in [1.29, 1.82) is 0 Å². The van der Waals surface area contributed by atoms with E-state index in [2.05, 4.69) is 17.2 Å². The highest BCUT2D eigenvalue weighted by Gasteiger charge is 2.11. The van der Waals surface area contributed by atoms with E-state index < -0.39 is 6.10 Å². The van der Waals surface area contributed by atoms with E-state index in [1.807, 2.05) is 25.1 Å². The van der Waals surface area contributed by atoms with Crippen LogP contribution in [-0.4, -0.2) is 31.8 Å². The summed E-state index contributed by atoms with van der Waals surface area (Å²) in [5, 5.41) is 13.4. The second-order valence-electron chi connectivity index (χ2n) is 5.81. The average Bonchev–Trinajstić information content (AvgIpc) is 2.62. The maximum absolute atomic E-state index is 10.4. The number of rotatable bonds is 6. The Balaban J connectivity index is 2.05. The van der Waals surface area contributed by atoms with Gasteiger partial charge in [0.15, 0.2) is 5.96 Å². The van der Waals surface area contributed by atoms with Gasteiger partial charge in [0.2, 0.25) is 0 Å². The number of ether oxygens (including phenoxy) is 2. The summed E-state index contributed by atoms with van der Waals surface area (Å²) in [6, 6.07) is 11.2. The number of aliphatic imine (C=N–C) groups is 1. The Kier molecular flexibility index (Phi) is 6.25. The van der Waals surface area contributed by atoms with Gasteiger partial charge < -0.3 is 25.6 Å². The van der Waals surface area contributed by atoms with Crippen LogP contribution < -0.4 is 20.5 Å². The molecule has 0 saturated heterocycles. The average molecular weight is 343 g/mol. The zero-order valence-electron chi connectivity index (χ0n) is 15.0. The summed E-state index contributed by atoms with van der Waals surface area (Å²) in [5.41, 5.74) is 9.80. The lowest BCUT2D eigenvalue weighted by atomic mass is 10.1. The summed E-state index contributed by atoms with van der Waals surface area (Å²) in [4.78, 5) is 4.21. The highest BCUT2D eigenvalue weighted by atomic mass is 16.5. The van der Waals surface area contributed by atoms with E-state index in [9.17, 15) is 5.11 Å². The van der Waals surface area contributed by atoms with E-state index in [1.54, 1.807) is 32.4 Å². The molecule has 2 rings (SSSR count). The third-order valence-electron chi connectivity index (χ3n) is 3.97. The predicted molar refractivity (Wildman–Crippen MR) is 101 cm³/mol. The summed E-state index contributed by atoms with van der Waals surface area (Å²) < 4.78 is 10.4. The number of aliphatic hydroxyl groups is 1. The minimum absolute atomic E-state index is 0.125. The molecule has 4 N–H and O–H groups in total. The molecule has 134 valence electrons. The van der Waals surface area contributed by atoms with Crippen LogP contribution in [0.4, 0.5) is 5.69 Å². The molecule has 0 radical (unpaired) electrons. The molecular weight excluding hydrogens is 318 g/mol. The summed E-state index contributed by atoms with van der Waals surface area (Å²) in [6.07, 6.45) is -0.816. The number of aliphatic hydroxyl groups excluding tert-OH is 1. The van der Waals surface area contributed by atoms with Crippen LogP contribution in [0.25, 0.3) is 0 Å². The van der Waals surface area contributed by atoms with E-state index in [0.717, 1.165) is 5.69 Å². The Bertz CT molecular complexity index is 737. The molecule has 0 heterocycles. The van der Waals surface area contributed by atoms with Crippen molar-refractivity contribution in [1.82, 2.24) is 0 Å². The third-order valence-corrected chi connectivity index (χ3v) is 3.97. The van der Waals surface area contributed by atoms with Crippen LogP contribution >= 0.6 is 0 Å². The van der Waals surface area contributed by atoms with E-state index in [1.165, 1.54) is 11.1 Å². The zero-order chi connectivity index (χ0) is 18.4. The molecule has 6 nitrogen and oxygen atoms in total. The number of anilines is 1. The summed E-state index contributed by atoms with van der Waals surface area (Å²) >= 11 is 0. The molecule has 0 aliphatic heterocycles. The fourth-order valence-electron chi connectivity index (χ4n) is 2.32. The monoisotopic (exact) mass is 343 g/mol. The van der Waals surface area contributed by atoms with Crippen molar-refractivity contribution < 1.29 is 14.6 Å². The zero-order valence-corrected chi connectivity index (χ0v) is 15.0. The van der Waals surface area contributed by atoms with Crippen molar-refractivity contribution in [3.63, 3.8) is 0 Å². The molecule has 25 heavy (non-hydrogen) atoms. The van der Waals surface area contributed by atoms with Gasteiger partial charge in [-0.3, -0.25) is 4.99 Å². The van der Waals surface area contributed by atoms with Gasteiger partial charge in [-0.15, -0.1) is 0 Å². The van der Waals surface area contributed by atoms with Crippen LogP contribution in [0, 0.1) is 13.8 Å². The quantitative estimate of drug-likeness (QED) is 0.554. The van der Waals surface area contributed by atoms with Gasteiger partial charge in [0.1, 0.15) is 11.5 Å². The molecule has 0 spiro atoms. The summed E-state index contributed by atoms with van der Waals surface area (Å²) in [6.45, 7) is 4.21. The van der Waals surface area contributed by atoms with E-state index in [4.69, 9.17) is 15.2 Å². The van der Waals surface area contributed by atoms with Gasteiger partial charge in [0.25, 0.3) is 0 Å². The van der Waals surface area contributed by atoms with Crippen molar-refractivity contribution in [3.05, 3.63) is 53.1 Å². The van der Waals surface area contributed by atoms with Crippen LogP contribution in [0.1, 0.15) is 22.8 Å². The Morgan fingerprint density at radius 3 is 2.28 bits per heavy atom. The number of hydrogen-bond donors (Lipinski definition) is 3. The Hall–Kier alpha value is -2.73. The van der Waals surface area contributed by atoms with E-state index in [0.29, 0.717) is 17.1 Å². The number of hydrogen-bond acceptors (Lipinski definition) is 4. The molecule has 0 aromatic heterocycles. The largest absolute Gasteiger partial charge is 0.497 e. The van der Waals surface area contributed by atoms with Gasteiger partial charge in [0.05, 0.1) is 26.9 Å². The molecule has 1 unspecified atom stereocenters. The molecule has 0 aliphatic rings. The number of nitrogens with one attached hydrogen (secondary N) is 1. The molecular formula is C19H25N3O3. The maximum Gasteiger partial charge on any atom is 0.193 e. The van der Waals surface area contributed by atoms with Crippen LogP contribution in [0.3, 0.4) is 0 Å². The lowest BCUT2D eigenvalue weighted by Crippen LogP contribution is -2.23. The first-order chi connectivity index (χ1) is 11.9. The SMILES string of the molecule is COc1cc(OC)cc(C(O)CN=C(N)Nc2ccc(C)c(C)c2)c1. The van der Waals surface area contributed by atoms with Gasteiger partial charge >= 0.3 is 0 Å². The predicted octanol–water partition coefficient (Wildman–Crippen LogP) is 2.78. The van der Waals surface area contributed by atoms with Crippen molar-refractivity contribution in [2.75, 3.05) is 26.1 Å². The van der Waals surface area contributed by atoms with Crippen LogP contribution in [0.15, 0.2) is 41.4 Å². The maximum atomic E-state index is 10.4. The smallest absolute Gasteiger partial charge is 0.193 e. The van der Waals surface area contributed by atoms with Crippen LogP contribution in [0.5, 0.6) is 11.5 Å². The second kappa shape index (κ2) is 8.39. The standard InChI is InChI=1S/C19H25N3O3/c1-12-5-6-15(7-13(12)2)22-19(20)21-11-18(23)14-8-16(24-3)10-17(9-14)25-4/h5-10,18,23H,11H2,1-4H3,(H3,20,21,22). The molecule has 0 aliphatic carbocycles. The third kappa shape index (κ3) is 5.12. The lowest BCUT2D eigenvalue weighted by molar-refractivity contribution is 0.186.